The summed E-state index contributed by atoms with van der Waals surface area (Å²) in [5, 5.41) is 9.70. The number of aromatic nitrogens is 1. The molecule has 0 aliphatic rings. The molecule has 2 rings (SSSR count). The molecule has 2 aromatic rings. The Balaban J connectivity index is 1.81. The first kappa shape index (κ1) is 18.0. The smallest absolute Gasteiger partial charge is 0.315 e. The lowest BCUT2D eigenvalue weighted by molar-refractivity contribution is 0.234. The second-order valence-corrected chi connectivity index (χ2v) is 6.26. The van der Waals surface area contributed by atoms with Gasteiger partial charge in [-0.2, -0.15) is 0 Å². The van der Waals surface area contributed by atoms with Crippen LogP contribution in [0, 0.1) is 19.7 Å². The average Bonchev–Trinajstić information content (AvgIpc) is 2.78. The molecule has 0 saturated carbocycles. The van der Waals surface area contributed by atoms with Gasteiger partial charge in [-0.3, -0.25) is 0 Å². The summed E-state index contributed by atoms with van der Waals surface area (Å²) >= 11 is 0. The van der Waals surface area contributed by atoms with E-state index in [-0.39, 0.29) is 23.9 Å². The van der Waals surface area contributed by atoms with Crippen LogP contribution < -0.4 is 10.6 Å². The highest BCUT2D eigenvalue weighted by Gasteiger charge is 2.15. The van der Waals surface area contributed by atoms with Crippen molar-refractivity contribution in [2.75, 3.05) is 0 Å². The predicted octanol–water partition coefficient (Wildman–Crippen LogP) is 3.29. The van der Waals surface area contributed by atoms with Crippen molar-refractivity contribution in [3.05, 3.63) is 52.7 Å². The second-order valence-electron chi connectivity index (χ2n) is 6.26. The summed E-state index contributed by atoms with van der Waals surface area (Å²) in [6.45, 7) is 7.58. The molecular weight excluding hydrogens is 309 g/mol. The third-order valence-electron chi connectivity index (χ3n) is 3.88. The Morgan fingerprint density at radius 3 is 2.46 bits per heavy atom. The number of amides is 2. The molecule has 2 amide bonds. The van der Waals surface area contributed by atoms with Gasteiger partial charge in [0.05, 0.1) is 5.69 Å². The Bertz CT molecular complexity index is 680. The monoisotopic (exact) mass is 333 g/mol. The van der Waals surface area contributed by atoms with Crippen LogP contribution in [0.4, 0.5) is 9.18 Å². The van der Waals surface area contributed by atoms with E-state index in [9.17, 15) is 9.18 Å². The van der Waals surface area contributed by atoms with Gasteiger partial charge in [-0.25, -0.2) is 9.18 Å². The maximum absolute atomic E-state index is 13.2. The standard InChI is InChI=1S/C18H24FN3O2/c1-11(8-15-6-5-7-16(19)10-15)20-18(23)21-12(2)9-17-13(3)22-24-14(17)4/h5-7,10-12H,8-9H2,1-4H3,(H2,20,21,23)/t11-,12-/m1/s1. The fraction of sp³-hybridized carbons (Fsp3) is 0.444. The molecule has 1 heterocycles. The zero-order chi connectivity index (χ0) is 17.7. The molecule has 130 valence electrons. The molecule has 0 spiro atoms. The molecule has 24 heavy (non-hydrogen) atoms. The number of urea groups is 1. The molecule has 0 fully saturated rings. The van der Waals surface area contributed by atoms with E-state index in [2.05, 4.69) is 15.8 Å². The van der Waals surface area contributed by atoms with Gasteiger partial charge in [-0.1, -0.05) is 17.3 Å². The normalized spacial score (nSPS) is 13.4. The van der Waals surface area contributed by atoms with Crippen LogP contribution in [-0.4, -0.2) is 23.3 Å². The summed E-state index contributed by atoms with van der Waals surface area (Å²) in [6, 6.07) is 6.02. The van der Waals surface area contributed by atoms with Gasteiger partial charge >= 0.3 is 6.03 Å². The van der Waals surface area contributed by atoms with Crippen LogP contribution in [-0.2, 0) is 12.8 Å². The first-order chi connectivity index (χ1) is 11.3. The van der Waals surface area contributed by atoms with E-state index in [1.807, 2.05) is 33.8 Å². The highest BCUT2D eigenvalue weighted by atomic mass is 19.1. The molecule has 1 aromatic carbocycles. The van der Waals surface area contributed by atoms with Crippen molar-refractivity contribution in [3.63, 3.8) is 0 Å². The zero-order valence-electron chi connectivity index (χ0n) is 14.5. The first-order valence-corrected chi connectivity index (χ1v) is 8.08. The third kappa shape index (κ3) is 5.08. The molecule has 2 N–H and O–H groups in total. The molecule has 6 heteroatoms. The van der Waals surface area contributed by atoms with Gasteiger partial charge in [0.15, 0.2) is 0 Å². The molecule has 2 atom stereocenters. The lowest BCUT2D eigenvalue weighted by Gasteiger charge is -2.18. The van der Waals surface area contributed by atoms with E-state index in [0.717, 1.165) is 22.6 Å². The van der Waals surface area contributed by atoms with E-state index in [0.29, 0.717) is 12.8 Å². The van der Waals surface area contributed by atoms with Crippen LogP contribution in [0.1, 0.15) is 36.4 Å². The number of aryl methyl sites for hydroxylation is 2. The minimum Gasteiger partial charge on any atom is -0.361 e. The maximum atomic E-state index is 13.2. The molecule has 5 nitrogen and oxygen atoms in total. The Labute approximate surface area is 141 Å². The quantitative estimate of drug-likeness (QED) is 0.852. The molecule has 1 aromatic heterocycles. The summed E-state index contributed by atoms with van der Waals surface area (Å²) in [6.07, 6.45) is 1.23. The topological polar surface area (TPSA) is 67.2 Å². The molecule has 0 radical (unpaired) electrons. The van der Waals surface area contributed by atoms with E-state index >= 15 is 0 Å². The van der Waals surface area contributed by atoms with E-state index in [1.165, 1.54) is 12.1 Å². The molecule has 0 aliphatic carbocycles. The average molecular weight is 333 g/mol. The summed E-state index contributed by atoms with van der Waals surface area (Å²) < 4.78 is 18.3. The predicted molar refractivity (Wildman–Crippen MR) is 90.4 cm³/mol. The molecule has 0 bridgehead atoms. The fourth-order valence-corrected chi connectivity index (χ4v) is 2.71. The van der Waals surface area contributed by atoms with Gasteiger partial charge in [-0.05, 0) is 58.2 Å². The number of nitrogens with one attached hydrogen (secondary N) is 2. The van der Waals surface area contributed by atoms with Crippen molar-refractivity contribution < 1.29 is 13.7 Å². The number of carbonyl (C=O) groups is 1. The van der Waals surface area contributed by atoms with Crippen LogP contribution >= 0.6 is 0 Å². The summed E-state index contributed by atoms with van der Waals surface area (Å²) in [4.78, 5) is 12.1. The van der Waals surface area contributed by atoms with E-state index < -0.39 is 0 Å². The molecule has 0 saturated heterocycles. The number of nitrogens with zero attached hydrogens (tertiary/aromatic N) is 1. The lowest BCUT2D eigenvalue weighted by atomic mass is 10.1. The Hall–Kier alpha value is -2.37. The van der Waals surface area contributed by atoms with E-state index in [1.54, 1.807) is 6.07 Å². The summed E-state index contributed by atoms with van der Waals surface area (Å²) in [5.74, 6) is 0.512. The van der Waals surface area contributed by atoms with Crippen molar-refractivity contribution in [2.24, 2.45) is 0 Å². The van der Waals surface area contributed by atoms with Crippen LogP contribution in [0.3, 0.4) is 0 Å². The minimum absolute atomic E-state index is 0.0526. The summed E-state index contributed by atoms with van der Waals surface area (Å²) in [7, 11) is 0. The van der Waals surface area contributed by atoms with Crippen molar-refractivity contribution in [1.82, 2.24) is 15.8 Å². The number of hydrogen-bond acceptors (Lipinski definition) is 3. The van der Waals surface area contributed by atoms with Crippen molar-refractivity contribution in [1.29, 1.82) is 0 Å². The fourth-order valence-electron chi connectivity index (χ4n) is 2.71. The number of halogens is 1. The SMILES string of the molecule is Cc1noc(C)c1C[C@@H](C)NC(=O)N[C@H](C)Cc1cccc(F)c1. The van der Waals surface area contributed by atoms with Crippen molar-refractivity contribution in [3.8, 4) is 0 Å². The van der Waals surface area contributed by atoms with Gasteiger partial charge in [0.1, 0.15) is 11.6 Å². The van der Waals surface area contributed by atoms with Gasteiger partial charge in [0.2, 0.25) is 0 Å². The molecule has 0 aliphatic heterocycles. The number of hydrogen-bond donors (Lipinski definition) is 2. The lowest BCUT2D eigenvalue weighted by Crippen LogP contribution is -2.45. The van der Waals surface area contributed by atoms with Gasteiger partial charge in [-0.15, -0.1) is 0 Å². The van der Waals surface area contributed by atoms with Crippen molar-refractivity contribution >= 4 is 6.03 Å². The van der Waals surface area contributed by atoms with Gasteiger partial charge < -0.3 is 15.2 Å². The number of benzene rings is 1. The van der Waals surface area contributed by atoms with Crippen LogP contribution in [0.25, 0.3) is 0 Å². The third-order valence-corrected chi connectivity index (χ3v) is 3.88. The van der Waals surface area contributed by atoms with E-state index in [4.69, 9.17) is 4.52 Å². The Morgan fingerprint density at radius 1 is 1.21 bits per heavy atom. The van der Waals surface area contributed by atoms with Crippen LogP contribution in [0.5, 0.6) is 0 Å². The highest BCUT2D eigenvalue weighted by molar-refractivity contribution is 5.74. The van der Waals surface area contributed by atoms with Gasteiger partial charge in [0.25, 0.3) is 0 Å². The zero-order valence-corrected chi connectivity index (χ0v) is 14.5. The number of carbonyl (C=O) groups excluding carboxylic acids is 1. The van der Waals surface area contributed by atoms with Gasteiger partial charge in [0, 0.05) is 17.6 Å². The largest absolute Gasteiger partial charge is 0.361 e. The van der Waals surface area contributed by atoms with Crippen LogP contribution in [0.2, 0.25) is 0 Å². The number of rotatable bonds is 6. The highest BCUT2D eigenvalue weighted by Crippen LogP contribution is 2.14. The minimum atomic E-state index is -0.266. The Kier molecular flexibility index (Phi) is 5.95. The Morgan fingerprint density at radius 2 is 1.88 bits per heavy atom. The second kappa shape index (κ2) is 7.95. The first-order valence-electron chi connectivity index (χ1n) is 8.08. The maximum Gasteiger partial charge on any atom is 0.315 e. The summed E-state index contributed by atoms with van der Waals surface area (Å²) in [5.41, 5.74) is 2.73. The van der Waals surface area contributed by atoms with Crippen LogP contribution in [0.15, 0.2) is 28.8 Å². The van der Waals surface area contributed by atoms with Crippen molar-refractivity contribution in [2.45, 2.75) is 52.6 Å². The molecular formula is C18H24FN3O2. The molecule has 0 unspecified atom stereocenters.